The molecule has 164 valence electrons. The molecule has 5 heteroatoms. The van der Waals surface area contributed by atoms with Crippen LogP contribution in [0.5, 0.6) is 0 Å². The van der Waals surface area contributed by atoms with E-state index in [1.807, 2.05) is 0 Å². The summed E-state index contributed by atoms with van der Waals surface area (Å²) in [7, 11) is 0. The van der Waals surface area contributed by atoms with Gasteiger partial charge in [0.2, 0.25) is 0 Å². The molecule has 1 unspecified atom stereocenters. The summed E-state index contributed by atoms with van der Waals surface area (Å²) in [6, 6.07) is 6.72. The van der Waals surface area contributed by atoms with Crippen LogP contribution in [0, 0.1) is 19.8 Å². The van der Waals surface area contributed by atoms with E-state index in [9.17, 15) is 9.90 Å². The lowest BCUT2D eigenvalue weighted by Crippen LogP contribution is -2.17. The van der Waals surface area contributed by atoms with E-state index < -0.39 is 0 Å². The Hall–Kier alpha value is -2.01. The number of aliphatic hydroxyl groups is 1. The highest BCUT2D eigenvalue weighted by molar-refractivity contribution is 5.82. The molecule has 1 heterocycles. The van der Waals surface area contributed by atoms with Crippen LogP contribution in [0.2, 0.25) is 0 Å². The van der Waals surface area contributed by atoms with Crippen molar-refractivity contribution < 1.29 is 9.90 Å². The van der Waals surface area contributed by atoms with Gasteiger partial charge in [-0.15, -0.1) is 10.2 Å². The first-order valence-electron chi connectivity index (χ1n) is 11.5. The summed E-state index contributed by atoms with van der Waals surface area (Å²) in [4.78, 5) is 12.9. The van der Waals surface area contributed by atoms with Gasteiger partial charge in [0.15, 0.2) is 0 Å². The minimum absolute atomic E-state index is 0.0573. The highest BCUT2D eigenvalue weighted by Gasteiger charge is 2.32. The zero-order valence-electron chi connectivity index (χ0n) is 19.0. The molecule has 1 N–H and O–H groups in total. The van der Waals surface area contributed by atoms with E-state index in [1.165, 1.54) is 12.0 Å². The predicted octanol–water partition coefficient (Wildman–Crippen LogP) is 4.88. The van der Waals surface area contributed by atoms with Crippen molar-refractivity contribution in [3.05, 3.63) is 46.5 Å². The molecule has 2 aromatic rings. The third-order valence-corrected chi connectivity index (χ3v) is 6.09. The third-order valence-electron chi connectivity index (χ3n) is 6.09. The largest absolute Gasteiger partial charge is 0.396 e. The number of Topliss-reactive ketones (excluding diaryl/α,β-unsaturated/α-hetero) is 1. The highest BCUT2D eigenvalue weighted by Crippen LogP contribution is 2.39. The van der Waals surface area contributed by atoms with Crippen LogP contribution in [-0.2, 0) is 17.6 Å². The molecular formula is C25H37N3O2. The minimum atomic E-state index is -0.0693. The molecule has 0 bridgehead atoms. The van der Waals surface area contributed by atoms with Crippen LogP contribution in [-0.4, -0.2) is 32.3 Å². The SMILES string of the molecule is Cc1ccc(CC(=O)CC(CCO)c2nnc(CCCC(C)C)n2C2CC2)c(C)c1. The molecule has 30 heavy (non-hydrogen) atoms. The standard InChI is InChI=1S/C25H37N3O2/c1-17(2)6-5-7-24-26-27-25(28(24)22-10-11-22)21(12-13-29)16-23(30)15-20-9-8-18(3)14-19(20)4/h8-9,14,17,21-22,29H,5-7,10-13,15-16H2,1-4H3. The Morgan fingerprint density at radius 3 is 2.60 bits per heavy atom. The van der Waals surface area contributed by atoms with Crippen molar-refractivity contribution in [1.29, 1.82) is 0 Å². The summed E-state index contributed by atoms with van der Waals surface area (Å²) in [6.45, 7) is 8.68. The van der Waals surface area contributed by atoms with Crippen molar-refractivity contribution in [3.8, 4) is 0 Å². The molecular weight excluding hydrogens is 374 g/mol. The van der Waals surface area contributed by atoms with Gasteiger partial charge in [-0.2, -0.15) is 0 Å². The first-order valence-corrected chi connectivity index (χ1v) is 11.5. The molecule has 1 aliphatic carbocycles. The molecule has 5 nitrogen and oxygen atoms in total. The first-order chi connectivity index (χ1) is 14.4. The smallest absolute Gasteiger partial charge is 0.138 e. The number of carbonyl (C=O) groups excluding carboxylic acids is 1. The molecule has 1 aromatic heterocycles. The van der Waals surface area contributed by atoms with Crippen molar-refractivity contribution >= 4 is 5.78 Å². The number of benzene rings is 1. The van der Waals surface area contributed by atoms with Crippen molar-refractivity contribution in [2.24, 2.45) is 5.92 Å². The molecule has 0 spiro atoms. The van der Waals surface area contributed by atoms with E-state index in [-0.39, 0.29) is 18.3 Å². The molecule has 0 saturated heterocycles. The monoisotopic (exact) mass is 411 g/mol. The molecule has 3 rings (SSSR count). The second-order valence-electron chi connectivity index (χ2n) is 9.42. The van der Waals surface area contributed by atoms with Crippen LogP contribution in [0.25, 0.3) is 0 Å². The van der Waals surface area contributed by atoms with E-state index >= 15 is 0 Å². The van der Waals surface area contributed by atoms with Crippen LogP contribution in [0.3, 0.4) is 0 Å². The molecule has 1 aliphatic rings. The lowest BCUT2D eigenvalue weighted by Gasteiger charge is -2.18. The maximum atomic E-state index is 12.9. The van der Waals surface area contributed by atoms with E-state index in [2.05, 4.69) is 60.7 Å². The summed E-state index contributed by atoms with van der Waals surface area (Å²) >= 11 is 0. The number of aliphatic hydroxyl groups excluding tert-OH is 1. The summed E-state index contributed by atoms with van der Waals surface area (Å²) in [5.74, 6) is 2.78. The van der Waals surface area contributed by atoms with Gasteiger partial charge < -0.3 is 9.67 Å². The molecule has 1 saturated carbocycles. The fourth-order valence-electron chi connectivity index (χ4n) is 4.27. The number of aryl methyl sites for hydroxylation is 3. The Morgan fingerprint density at radius 2 is 1.97 bits per heavy atom. The number of ketones is 1. The predicted molar refractivity (Wildman–Crippen MR) is 120 cm³/mol. The van der Waals surface area contributed by atoms with Crippen LogP contribution in [0.4, 0.5) is 0 Å². The zero-order valence-corrected chi connectivity index (χ0v) is 19.0. The van der Waals surface area contributed by atoms with Gasteiger partial charge in [-0.05, 0) is 56.6 Å². The molecule has 0 amide bonds. The lowest BCUT2D eigenvalue weighted by atomic mass is 9.93. The fraction of sp³-hybridized carbons (Fsp3) is 0.640. The number of hydrogen-bond acceptors (Lipinski definition) is 4. The van der Waals surface area contributed by atoms with Gasteiger partial charge in [0.05, 0.1) is 0 Å². The Balaban J connectivity index is 1.73. The second-order valence-corrected chi connectivity index (χ2v) is 9.42. The summed E-state index contributed by atoms with van der Waals surface area (Å²) in [6.07, 6.45) is 6.94. The number of hydrogen-bond donors (Lipinski definition) is 1. The fourth-order valence-corrected chi connectivity index (χ4v) is 4.27. The average molecular weight is 412 g/mol. The van der Waals surface area contributed by atoms with E-state index in [0.717, 1.165) is 48.5 Å². The number of nitrogens with zero attached hydrogens (tertiary/aromatic N) is 3. The quantitative estimate of drug-likeness (QED) is 0.541. The van der Waals surface area contributed by atoms with Crippen LogP contribution >= 0.6 is 0 Å². The van der Waals surface area contributed by atoms with Gasteiger partial charge in [-0.3, -0.25) is 4.79 Å². The summed E-state index contributed by atoms with van der Waals surface area (Å²) in [5.41, 5.74) is 3.46. The maximum Gasteiger partial charge on any atom is 0.138 e. The van der Waals surface area contributed by atoms with Crippen molar-refractivity contribution in [3.63, 3.8) is 0 Å². The average Bonchev–Trinajstić information content (AvgIpc) is 3.43. The summed E-state index contributed by atoms with van der Waals surface area (Å²) in [5, 5.41) is 18.7. The van der Waals surface area contributed by atoms with Crippen molar-refractivity contribution in [1.82, 2.24) is 14.8 Å². The molecule has 0 radical (unpaired) electrons. The normalized spacial score (nSPS) is 15.0. The molecule has 1 fully saturated rings. The second kappa shape index (κ2) is 10.3. The van der Waals surface area contributed by atoms with Gasteiger partial charge in [0.25, 0.3) is 0 Å². The van der Waals surface area contributed by atoms with E-state index in [0.29, 0.717) is 31.2 Å². The van der Waals surface area contributed by atoms with Gasteiger partial charge in [0, 0.05) is 37.8 Å². The van der Waals surface area contributed by atoms with Crippen LogP contribution in [0.15, 0.2) is 18.2 Å². The number of rotatable bonds is 12. The lowest BCUT2D eigenvalue weighted by molar-refractivity contribution is -0.118. The highest BCUT2D eigenvalue weighted by atomic mass is 16.3. The van der Waals surface area contributed by atoms with E-state index in [1.54, 1.807) is 0 Å². The Morgan fingerprint density at radius 1 is 1.20 bits per heavy atom. The molecule has 1 atom stereocenters. The van der Waals surface area contributed by atoms with Crippen LogP contribution < -0.4 is 0 Å². The van der Waals surface area contributed by atoms with Gasteiger partial charge >= 0.3 is 0 Å². The maximum absolute atomic E-state index is 12.9. The molecule has 1 aromatic carbocycles. The Kier molecular flexibility index (Phi) is 7.81. The van der Waals surface area contributed by atoms with Crippen molar-refractivity contribution in [2.45, 2.75) is 91.0 Å². The topological polar surface area (TPSA) is 68.0 Å². The number of aromatic nitrogens is 3. The third kappa shape index (κ3) is 6.00. The van der Waals surface area contributed by atoms with Gasteiger partial charge in [-0.25, -0.2) is 0 Å². The Bertz CT molecular complexity index is 852. The Labute approximate surface area is 180 Å². The minimum Gasteiger partial charge on any atom is -0.396 e. The van der Waals surface area contributed by atoms with Crippen LogP contribution in [0.1, 0.15) is 92.7 Å². The number of carbonyl (C=O) groups is 1. The summed E-state index contributed by atoms with van der Waals surface area (Å²) < 4.78 is 2.30. The van der Waals surface area contributed by atoms with Crippen molar-refractivity contribution in [2.75, 3.05) is 6.61 Å². The first kappa shape index (κ1) is 22.7. The van der Waals surface area contributed by atoms with E-state index in [4.69, 9.17) is 0 Å². The molecule has 0 aliphatic heterocycles. The van der Waals surface area contributed by atoms with Gasteiger partial charge in [0.1, 0.15) is 17.4 Å². The van der Waals surface area contributed by atoms with Gasteiger partial charge in [-0.1, -0.05) is 44.0 Å². The zero-order chi connectivity index (χ0) is 21.7.